The zero-order chi connectivity index (χ0) is 22.3. The lowest BCUT2D eigenvalue weighted by atomic mass is 10.0. The molecule has 1 amide bonds. The van der Waals surface area contributed by atoms with Gasteiger partial charge in [0.15, 0.2) is 0 Å². The standard InChI is InChI=1S/C23H38N4O3S/c1-20(2)21-6-8-22(9-7-21)31(29,30)27(16-5-15-25-13-3-4-14-25)17-10-23(28)26-18-11-24-12-19-26/h6-9,20,24H,3-5,10-19H2,1-2H3. The number of hydrogen-bond donors (Lipinski definition) is 1. The lowest BCUT2D eigenvalue weighted by molar-refractivity contribution is -0.131. The second-order valence-electron chi connectivity index (χ2n) is 8.91. The van der Waals surface area contributed by atoms with Crippen LogP contribution in [0.5, 0.6) is 0 Å². The maximum Gasteiger partial charge on any atom is 0.243 e. The quantitative estimate of drug-likeness (QED) is 0.591. The molecule has 2 saturated heterocycles. The second-order valence-corrected chi connectivity index (χ2v) is 10.8. The summed E-state index contributed by atoms with van der Waals surface area (Å²) in [6.07, 6.45) is 3.46. The molecule has 2 aliphatic rings. The minimum Gasteiger partial charge on any atom is -0.340 e. The van der Waals surface area contributed by atoms with Gasteiger partial charge in [0.1, 0.15) is 0 Å². The van der Waals surface area contributed by atoms with E-state index < -0.39 is 10.0 Å². The van der Waals surface area contributed by atoms with Crippen molar-refractivity contribution < 1.29 is 13.2 Å². The summed E-state index contributed by atoms with van der Waals surface area (Å²) in [5.74, 6) is 0.390. The monoisotopic (exact) mass is 450 g/mol. The van der Waals surface area contributed by atoms with Gasteiger partial charge >= 0.3 is 0 Å². The van der Waals surface area contributed by atoms with Crippen molar-refractivity contribution in [3.05, 3.63) is 29.8 Å². The Morgan fingerprint density at radius 2 is 1.68 bits per heavy atom. The Balaban J connectivity index is 1.67. The zero-order valence-electron chi connectivity index (χ0n) is 19.1. The first-order valence-corrected chi connectivity index (χ1v) is 13.1. The Morgan fingerprint density at radius 1 is 1.03 bits per heavy atom. The third kappa shape index (κ3) is 6.75. The van der Waals surface area contributed by atoms with Crippen LogP contribution >= 0.6 is 0 Å². The number of carbonyl (C=O) groups is 1. The first-order chi connectivity index (χ1) is 14.9. The number of likely N-dealkylation sites (tertiary alicyclic amines) is 1. The van der Waals surface area contributed by atoms with Crippen LogP contribution < -0.4 is 5.32 Å². The van der Waals surface area contributed by atoms with Crippen LogP contribution in [0.1, 0.15) is 51.0 Å². The van der Waals surface area contributed by atoms with Gasteiger partial charge in [-0.25, -0.2) is 8.42 Å². The molecule has 0 unspecified atom stereocenters. The SMILES string of the molecule is CC(C)c1ccc(S(=O)(=O)N(CCCN2CCCC2)CCC(=O)N2CCNCC2)cc1. The highest BCUT2D eigenvalue weighted by molar-refractivity contribution is 7.89. The van der Waals surface area contributed by atoms with Crippen LogP contribution in [0, 0.1) is 0 Å². The fourth-order valence-electron chi connectivity index (χ4n) is 4.30. The number of sulfonamides is 1. The molecule has 0 aromatic heterocycles. The molecule has 31 heavy (non-hydrogen) atoms. The van der Waals surface area contributed by atoms with Crippen LogP contribution in [0.25, 0.3) is 0 Å². The van der Waals surface area contributed by atoms with Crippen molar-refractivity contribution in [1.82, 2.24) is 19.4 Å². The minimum atomic E-state index is -3.63. The molecular formula is C23H38N4O3S. The second kappa shape index (κ2) is 11.4. The predicted molar refractivity (Wildman–Crippen MR) is 124 cm³/mol. The Hall–Kier alpha value is -1.48. The van der Waals surface area contributed by atoms with Gasteiger partial charge < -0.3 is 15.1 Å². The topological polar surface area (TPSA) is 73.0 Å². The van der Waals surface area contributed by atoms with E-state index >= 15 is 0 Å². The number of piperazine rings is 1. The maximum atomic E-state index is 13.4. The Morgan fingerprint density at radius 3 is 2.29 bits per heavy atom. The average Bonchev–Trinajstić information content (AvgIpc) is 3.30. The van der Waals surface area contributed by atoms with Gasteiger partial charge in [0.25, 0.3) is 0 Å². The summed E-state index contributed by atoms with van der Waals surface area (Å²) in [5, 5.41) is 3.24. The third-order valence-corrected chi connectivity index (χ3v) is 8.22. The van der Waals surface area contributed by atoms with E-state index in [4.69, 9.17) is 0 Å². The van der Waals surface area contributed by atoms with Gasteiger partial charge in [-0.05, 0) is 62.5 Å². The van der Waals surface area contributed by atoms with Crippen LogP contribution in [0.2, 0.25) is 0 Å². The van der Waals surface area contributed by atoms with Gasteiger partial charge in [-0.1, -0.05) is 26.0 Å². The first kappa shape index (κ1) is 24.2. The van der Waals surface area contributed by atoms with E-state index in [0.717, 1.165) is 44.7 Å². The molecule has 7 nitrogen and oxygen atoms in total. The molecule has 0 saturated carbocycles. The molecule has 8 heteroatoms. The third-order valence-electron chi connectivity index (χ3n) is 6.31. The number of rotatable bonds is 10. The molecule has 174 valence electrons. The van der Waals surface area contributed by atoms with Crippen molar-refractivity contribution >= 4 is 15.9 Å². The molecule has 0 spiro atoms. The zero-order valence-corrected chi connectivity index (χ0v) is 19.9. The predicted octanol–water partition coefficient (Wildman–Crippen LogP) is 2.11. The number of amides is 1. The highest BCUT2D eigenvalue weighted by Gasteiger charge is 2.26. The normalized spacial score (nSPS) is 18.3. The molecule has 1 N–H and O–H groups in total. The van der Waals surface area contributed by atoms with Crippen molar-refractivity contribution in [3.8, 4) is 0 Å². The van der Waals surface area contributed by atoms with E-state index in [1.54, 1.807) is 12.1 Å². The highest BCUT2D eigenvalue weighted by atomic mass is 32.2. The largest absolute Gasteiger partial charge is 0.340 e. The molecule has 1 aromatic rings. The van der Waals surface area contributed by atoms with Crippen LogP contribution in [-0.4, -0.2) is 87.3 Å². The summed E-state index contributed by atoms with van der Waals surface area (Å²) >= 11 is 0. The number of carbonyl (C=O) groups excluding carboxylic acids is 1. The summed E-state index contributed by atoms with van der Waals surface area (Å²) < 4.78 is 28.3. The van der Waals surface area contributed by atoms with Crippen molar-refractivity contribution in [2.24, 2.45) is 0 Å². The van der Waals surface area contributed by atoms with Crippen LogP contribution in [0.3, 0.4) is 0 Å². The molecule has 0 atom stereocenters. The molecule has 3 rings (SSSR count). The van der Waals surface area contributed by atoms with Gasteiger partial charge in [-0.3, -0.25) is 4.79 Å². The molecule has 2 aliphatic heterocycles. The van der Waals surface area contributed by atoms with E-state index in [1.165, 1.54) is 17.1 Å². The molecule has 2 heterocycles. The summed E-state index contributed by atoms with van der Waals surface area (Å²) in [6.45, 7) is 11.0. The van der Waals surface area contributed by atoms with Gasteiger partial charge in [0.2, 0.25) is 15.9 Å². The molecule has 1 aromatic carbocycles. The van der Waals surface area contributed by atoms with Crippen molar-refractivity contribution in [2.75, 3.05) is 58.9 Å². The van der Waals surface area contributed by atoms with E-state index in [2.05, 4.69) is 24.1 Å². The Kier molecular flexibility index (Phi) is 8.89. The van der Waals surface area contributed by atoms with Crippen molar-refractivity contribution in [2.45, 2.75) is 50.3 Å². The van der Waals surface area contributed by atoms with Crippen molar-refractivity contribution in [3.63, 3.8) is 0 Å². The van der Waals surface area contributed by atoms with Crippen LogP contribution in [-0.2, 0) is 14.8 Å². The highest BCUT2D eigenvalue weighted by Crippen LogP contribution is 2.21. The molecular weight excluding hydrogens is 412 g/mol. The molecule has 2 fully saturated rings. The number of benzene rings is 1. The van der Waals surface area contributed by atoms with Crippen molar-refractivity contribution in [1.29, 1.82) is 0 Å². The first-order valence-electron chi connectivity index (χ1n) is 11.7. The van der Waals surface area contributed by atoms with Gasteiger partial charge in [-0.15, -0.1) is 0 Å². The molecule has 0 bridgehead atoms. The lowest BCUT2D eigenvalue weighted by Gasteiger charge is -2.29. The number of nitrogens with zero attached hydrogens (tertiary/aromatic N) is 3. The lowest BCUT2D eigenvalue weighted by Crippen LogP contribution is -2.47. The molecule has 0 radical (unpaired) electrons. The number of hydrogen-bond acceptors (Lipinski definition) is 5. The Labute approximate surface area is 187 Å². The summed E-state index contributed by atoms with van der Waals surface area (Å²) in [6, 6.07) is 7.20. The van der Waals surface area contributed by atoms with Gasteiger partial charge in [-0.2, -0.15) is 4.31 Å². The fourth-order valence-corrected chi connectivity index (χ4v) is 5.77. The maximum absolute atomic E-state index is 13.4. The fraction of sp³-hybridized carbons (Fsp3) is 0.696. The van der Waals surface area contributed by atoms with Gasteiger partial charge in [0, 0.05) is 45.7 Å². The smallest absolute Gasteiger partial charge is 0.243 e. The Bertz CT molecular complexity index is 799. The van der Waals surface area contributed by atoms with E-state index in [1.807, 2.05) is 17.0 Å². The average molecular weight is 451 g/mol. The summed E-state index contributed by atoms with van der Waals surface area (Å²) in [5.41, 5.74) is 1.12. The van der Waals surface area contributed by atoms with Crippen LogP contribution in [0.4, 0.5) is 0 Å². The van der Waals surface area contributed by atoms with E-state index in [9.17, 15) is 13.2 Å². The van der Waals surface area contributed by atoms with Gasteiger partial charge in [0.05, 0.1) is 4.90 Å². The number of nitrogens with one attached hydrogen (secondary N) is 1. The molecule has 0 aliphatic carbocycles. The minimum absolute atomic E-state index is 0.0383. The summed E-state index contributed by atoms with van der Waals surface area (Å²) in [7, 11) is -3.63. The van der Waals surface area contributed by atoms with E-state index in [0.29, 0.717) is 30.4 Å². The van der Waals surface area contributed by atoms with Crippen LogP contribution in [0.15, 0.2) is 29.2 Å². The summed E-state index contributed by atoms with van der Waals surface area (Å²) in [4.78, 5) is 17.2. The van der Waals surface area contributed by atoms with E-state index in [-0.39, 0.29) is 18.9 Å².